The molecule has 0 saturated carbocycles. The minimum Gasteiger partial charge on any atom is -0.386 e. The standard InChI is InChI=1S/C14H23N5O4S/c1-11-6-12(16-10-15-11)19-5-4-14(21,9-19)8-18(2)13(20)7-17-24(3,22)23/h6,10,17,21H,4-5,7-9H2,1-3H3. The molecule has 1 fully saturated rings. The highest BCUT2D eigenvalue weighted by atomic mass is 32.2. The van der Waals surface area contributed by atoms with E-state index in [0.717, 1.165) is 17.8 Å². The number of carbonyl (C=O) groups excluding carboxylic acids is 1. The van der Waals surface area contributed by atoms with E-state index in [9.17, 15) is 18.3 Å². The molecule has 0 bridgehead atoms. The molecule has 2 rings (SSSR count). The van der Waals surface area contributed by atoms with Gasteiger partial charge in [0.15, 0.2) is 0 Å². The number of likely N-dealkylation sites (N-methyl/N-ethyl adjacent to an activating group) is 1. The monoisotopic (exact) mass is 357 g/mol. The molecule has 0 aliphatic carbocycles. The Morgan fingerprint density at radius 2 is 2.21 bits per heavy atom. The van der Waals surface area contributed by atoms with Crippen molar-refractivity contribution in [1.82, 2.24) is 19.6 Å². The van der Waals surface area contributed by atoms with Crippen molar-refractivity contribution in [1.29, 1.82) is 0 Å². The van der Waals surface area contributed by atoms with Gasteiger partial charge < -0.3 is 14.9 Å². The summed E-state index contributed by atoms with van der Waals surface area (Å²) < 4.78 is 24.2. The van der Waals surface area contributed by atoms with Crippen LogP contribution in [0.25, 0.3) is 0 Å². The predicted octanol–water partition coefficient (Wildman–Crippen LogP) is -1.27. The lowest BCUT2D eigenvalue weighted by molar-refractivity contribution is -0.131. The molecular weight excluding hydrogens is 334 g/mol. The van der Waals surface area contributed by atoms with Gasteiger partial charge in [0.25, 0.3) is 0 Å². The van der Waals surface area contributed by atoms with Gasteiger partial charge in [-0.25, -0.2) is 23.1 Å². The molecule has 24 heavy (non-hydrogen) atoms. The number of anilines is 1. The highest BCUT2D eigenvalue weighted by molar-refractivity contribution is 7.88. The minimum atomic E-state index is -3.43. The molecule has 10 heteroatoms. The molecule has 0 spiro atoms. The first-order valence-electron chi connectivity index (χ1n) is 7.53. The predicted molar refractivity (Wildman–Crippen MR) is 89.0 cm³/mol. The molecular formula is C14H23N5O4S. The Kier molecular flexibility index (Phi) is 5.41. The average molecular weight is 357 g/mol. The third kappa shape index (κ3) is 5.11. The van der Waals surface area contributed by atoms with Crippen LogP contribution in [0.3, 0.4) is 0 Å². The number of hydrogen-bond donors (Lipinski definition) is 2. The van der Waals surface area contributed by atoms with Crippen LogP contribution in [0.2, 0.25) is 0 Å². The number of aryl methyl sites for hydroxylation is 1. The lowest BCUT2D eigenvalue weighted by Crippen LogP contribution is -2.48. The summed E-state index contributed by atoms with van der Waals surface area (Å²) in [5.74, 6) is 0.344. The highest BCUT2D eigenvalue weighted by Gasteiger charge is 2.38. The van der Waals surface area contributed by atoms with Crippen LogP contribution in [0.4, 0.5) is 5.82 Å². The lowest BCUT2D eigenvalue weighted by atomic mass is 10.0. The van der Waals surface area contributed by atoms with Crippen molar-refractivity contribution in [2.75, 3.05) is 44.4 Å². The van der Waals surface area contributed by atoms with Gasteiger partial charge in [0, 0.05) is 31.9 Å². The van der Waals surface area contributed by atoms with Crippen LogP contribution >= 0.6 is 0 Å². The summed E-state index contributed by atoms with van der Waals surface area (Å²) in [4.78, 5) is 23.5. The quantitative estimate of drug-likeness (QED) is 0.652. The fraction of sp³-hybridized carbons (Fsp3) is 0.643. The Labute approximate surface area is 141 Å². The fourth-order valence-electron chi connectivity index (χ4n) is 2.65. The number of aliphatic hydroxyl groups is 1. The zero-order valence-electron chi connectivity index (χ0n) is 14.1. The fourth-order valence-corrected chi connectivity index (χ4v) is 3.04. The summed E-state index contributed by atoms with van der Waals surface area (Å²) >= 11 is 0. The average Bonchev–Trinajstić information content (AvgIpc) is 2.86. The van der Waals surface area contributed by atoms with Crippen molar-refractivity contribution >= 4 is 21.7 Å². The van der Waals surface area contributed by atoms with Gasteiger partial charge in [0.05, 0.1) is 19.3 Å². The molecule has 2 heterocycles. The van der Waals surface area contributed by atoms with Crippen LogP contribution in [-0.2, 0) is 14.8 Å². The van der Waals surface area contributed by atoms with Crippen LogP contribution in [0, 0.1) is 6.92 Å². The zero-order valence-corrected chi connectivity index (χ0v) is 14.9. The largest absolute Gasteiger partial charge is 0.386 e. The van der Waals surface area contributed by atoms with Crippen LogP contribution < -0.4 is 9.62 Å². The molecule has 1 aromatic heterocycles. The van der Waals surface area contributed by atoms with Gasteiger partial charge in [0.2, 0.25) is 15.9 Å². The van der Waals surface area contributed by atoms with Crippen molar-refractivity contribution < 1.29 is 18.3 Å². The number of rotatable bonds is 6. The first kappa shape index (κ1) is 18.6. The maximum Gasteiger partial charge on any atom is 0.237 e. The van der Waals surface area contributed by atoms with Crippen LogP contribution in [0.15, 0.2) is 12.4 Å². The normalized spacial score (nSPS) is 21.1. The van der Waals surface area contributed by atoms with E-state index in [1.54, 1.807) is 7.05 Å². The van der Waals surface area contributed by atoms with Gasteiger partial charge in [-0.15, -0.1) is 0 Å². The van der Waals surface area contributed by atoms with E-state index in [1.807, 2.05) is 17.9 Å². The van der Waals surface area contributed by atoms with Crippen LogP contribution in [0.1, 0.15) is 12.1 Å². The molecule has 2 N–H and O–H groups in total. The number of sulfonamides is 1. The molecule has 0 aromatic carbocycles. The summed E-state index contributed by atoms with van der Waals surface area (Å²) in [6.07, 6.45) is 2.97. The number of nitrogens with zero attached hydrogens (tertiary/aromatic N) is 4. The maximum absolute atomic E-state index is 12.0. The molecule has 1 aliphatic rings. The Balaban J connectivity index is 1.93. The molecule has 134 valence electrons. The third-order valence-corrected chi connectivity index (χ3v) is 4.56. The van der Waals surface area contributed by atoms with Crippen molar-refractivity contribution in [3.63, 3.8) is 0 Å². The van der Waals surface area contributed by atoms with Gasteiger partial charge in [-0.1, -0.05) is 0 Å². The van der Waals surface area contributed by atoms with E-state index in [1.165, 1.54) is 11.2 Å². The van der Waals surface area contributed by atoms with Gasteiger partial charge in [0.1, 0.15) is 17.7 Å². The van der Waals surface area contributed by atoms with E-state index in [4.69, 9.17) is 0 Å². The molecule has 9 nitrogen and oxygen atoms in total. The van der Waals surface area contributed by atoms with Crippen molar-refractivity contribution in [2.45, 2.75) is 18.9 Å². The Bertz CT molecular complexity index is 711. The molecule has 1 aromatic rings. The molecule has 1 unspecified atom stereocenters. The summed E-state index contributed by atoms with van der Waals surface area (Å²) in [5, 5.41) is 10.7. The number of nitrogens with one attached hydrogen (secondary N) is 1. The van der Waals surface area contributed by atoms with E-state index in [2.05, 4.69) is 14.7 Å². The number of hydrogen-bond acceptors (Lipinski definition) is 7. The highest BCUT2D eigenvalue weighted by Crippen LogP contribution is 2.26. The van der Waals surface area contributed by atoms with Crippen LogP contribution in [-0.4, -0.2) is 79.4 Å². The van der Waals surface area contributed by atoms with Crippen molar-refractivity contribution in [3.05, 3.63) is 18.1 Å². The van der Waals surface area contributed by atoms with E-state index < -0.39 is 21.5 Å². The molecule has 0 radical (unpaired) electrons. The summed E-state index contributed by atoms with van der Waals surface area (Å²) in [6.45, 7) is 2.64. The topological polar surface area (TPSA) is 116 Å². The second-order valence-corrected chi connectivity index (χ2v) is 8.09. The Morgan fingerprint density at radius 1 is 1.50 bits per heavy atom. The second kappa shape index (κ2) is 6.99. The Morgan fingerprint density at radius 3 is 2.83 bits per heavy atom. The van der Waals surface area contributed by atoms with Gasteiger partial charge in [-0.05, 0) is 13.3 Å². The second-order valence-electron chi connectivity index (χ2n) is 6.26. The van der Waals surface area contributed by atoms with E-state index in [0.29, 0.717) is 19.5 Å². The van der Waals surface area contributed by atoms with Gasteiger partial charge >= 0.3 is 0 Å². The van der Waals surface area contributed by atoms with Gasteiger partial charge in [-0.3, -0.25) is 4.79 Å². The SMILES string of the molecule is Cc1cc(N2CCC(O)(CN(C)C(=O)CNS(C)(=O)=O)C2)ncn1. The molecule has 1 amide bonds. The lowest BCUT2D eigenvalue weighted by Gasteiger charge is -2.29. The van der Waals surface area contributed by atoms with E-state index in [-0.39, 0.29) is 13.1 Å². The Hall–Kier alpha value is -1.78. The number of amides is 1. The summed E-state index contributed by atoms with van der Waals surface area (Å²) in [6, 6.07) is 1.84. The molecule has 1 saturated heterocycles. The van der Waals surface area contributed by atoms with E-state index >= 15 is 0 Å². The molecule has 1 aliphatic heterocycles. The smallest absolute Gasteiger partial charge is 0.237 e. The third-order valence-electron chi connectivity index (χ3n) is 3.89. The zero-order chi connectivity index (χ0) is 18.0. The number of β-amino-alcohol motifs (C(OH)–C–C–N with tert-alkyl or cyclic N) is 1. The van der Waals surface area contributed by atoms with Crippen molar-refractivity contribution in [3.8, 4) is 0 Å². The number of aromatic nitrogens is 2. The molecule has 1 atom stereocenters. The maximum atomic E-state index is 12.0. The summed E-state index contributed by atoms with van der Waals surface area (Å²) in [5.41, 5.74) is -0.219. The minimum absolute atomic E-state index is 0.123. The van der Waals surface area contributed by atoms with Gasteiger partial charge in [-0.2, -0.15) is 0 Å². The van der Waals surface area contributed by atoms with Crippen molar-refractivity contribution in [2.24, 2.45) is 0 Å². The first-order valence-corrected chi connectivity index (χ1v) is 9.42. The first-order chi connectivity index (χ1) is 11.1. The van der Waals surface area contributed by atoms with Crippen LogP contribution in [0.5, 0.6) is 0 Å². The summed E-state index contributed by atoms with van der Waals surface area (Å²) in [7, 11) is -1.88. The number of carbonyl (C=O) groups is 1.